The Bertz CT molecular complexity index is 907. The van der Waals surface area contributed by atoms with Gasteiger partial charge in [0.1, 0.15) is 0 Å². The number of nitrogens with one attached hydrogen (secondary N) is 1. The number of benzene rings is 2. The Hall–Kier alpha value is -2.34. The van der Waals surface area contributed by atoms with Crippen LogP contribution in [0.3, 0.4) is 0 Å². The molecule has 1 heterocycles. The van der Waals surface area contributed by atoms with Crippen molar-refractivity contribution < 1.29 is 13.2 Å². The molecule has 0 saturated heterocycles. The second kappa shape index (κ2) is 6.88. The summed E-state index contributed by atoms with van der Waals surface area (Å²) in [5, 5.41) is 0. The maximum absolute atomic E-state index is 12.7. The molecule has 5 nitrogen and oxygen atoms in total. The van der Waals surface area contributed by atoms with E-state index in [1.807, 2.05) is 25.1 Å². The van der Waals surface area contributed by atoms with Crippen molar-refractivity contribution in [3.63, 3.8) is 0 Å². The van der Waals surface area contributed by atoms with E-state index < -0.39 is 10.0 Å². The third kappa shape index (κ3) is 3.69. The molecule has 132 valence electrons. The number of carbonyl (C=O) groups excluding carboxylic acids is 1. The zero-order valence-electron chi connectivity index (χ0n) is 14.5. The van der Waals surface area contributed by atoms with E-state index in [4.69, 9.17) is 0 Å². The standard InChI is InChI=1S/C19H22N2O3S/c1-3-15-6-4-8-17(12-15)20-25(23,24)18-9-10-19-16(13-18)7-5-11-21(19)14(2)22/h4,6,8-10,12-13,20H,3,5,7,11H2,1-2H3. The molecule has 0 bridgehead atoms. The first kappa shape index (κ1) is 17.5. The highest BCUT2D eigenvalue weighted by molar-refractivity contribution is 7.92. The van der Waals surface area contributed by atoms with Crippen molar-refractivity contribution in [2.24, 2.45) is 0 Å². The Morgan fingerprint density at radius 2 is 2.00 bits per heavy atom. The minimum absolute atomic E-state index is 0.0222. The third-order valence-corrected chi connectivity index (χ3v) is 5.83. The van der Waals surface area contributed by atoms with Gasteiger partial charge in [-0.2, -0.15) is 0 Å². The van der Waals surface area contributed by atoms with E-state index in [-0.39, 0.29) is 10.8 Å². The number of anilines is 2. The van der Waals surface area contributed by atoms with E-state index in [0.29, 0.717) is 12.2 Å². The number of hydrogen-bond donors (Lipinski definition) is 1. The Balaban J connectivity index is 1.91. The van der Waals surface area contributed by atoms with Gasteiger partial charge >= 0.3 is 0 Å². The SMILES string of the molecule is CCc1cccc(NS(=O)(=O)c2ccc3c(c2)CCCN3C(C)=O)c1. The zero-order valence-corrected chi connectivity index (χ0v) is 15.3. The fourth-order valence-electron chi connectivity index (χ4n) is 3.14. The third-order valence-electron chi connectivity index (χ3n) is 4.45. The Morgan fingerprint density at radius 1 is 1.20 bits per heavy atom. The number of amides is 1. The second-order valence-electron chi connectivity index (χ2n) is 6.22. The highest BCUT2D eigenvalue weighted by Crippen LogP contribution is 2.30. The lowest BCUT2D eigenvalue weighted by atomic mass is 10.0. The van der Waals surface area contributed by atoms with Crippen LogP contribution in [-0.2, 0) is 27.7 Å². The number of rotatable bonds is 4. The van der Waals surface area contributed by atoms with Crippen LogP contribution in [0.1, 0.15) is 31.4 Å². The van der Waals surface area contributed by atoms with Crippen LogP contribution in [0.4, 0.5) is 11.4 Å². The second-order valence-corrected chi connectivity index (χ2v) is 7.91. The molecule has 1 aliphatic rings. The molecule has 2 aromatic carbocycles. The predicted octanol–water partition coefficient (Wildman–Crippen LogP) is 3.35. The smallest absolute Gasteiger partial charge is 0.261 e. The van der Waals surface area contributed by atoms with Gasteiger partial charge < -0.3 is 4.90 Å². The van der Waals surface area contributed by atoms with Crippen LogP contribution in [0.5, 0.6) is 0 Å². The summed E-state index contributed by atoms with van der Waals surface area (Å²) in [6, 6.07) is 12.4. The van der Waals surface area contributed by atoms with E-state index >= 15 is 0 Å². The van der Waals surface area contributed by atoms with Crippen LogP contribution in [0.25, 0.3) is 0 Å². The first-order chi connectivity index (χ1) is 11.9. The van der Waals surface area contributed by atoms with Crippen LogP contribution < -0.4 is 9.62 Å². The summed E-state index contributed by atoms with van der Waals surface area (Å²) < 4.78 is 28.1. The van der Waals surface area contributed by atoms with Gasteiger partial charge in [0.05, 0.1) is 4.90 Å². The summed E-state index contributed by atoms with van der Waals surface area (Å²) in [6.45, 7) is 4.23. The molecule has 2 aromatic rings. The van der Waals surface area contributed by atoms with Gasteiger partial charge in [-0.15, -0.1) is 0 Å². The van der Waals surface area contributed by atoms with Crippen molar-refractivity contribution in [2.45, 2.75) is 38.0 Å². The Morgan fingerprint density at radius 3 is 2.72 bits per heavy atom. The van der Waals surface area contributed by atoms with Gasteiger partial charge in [-0.25, -0.2) is 8.42 Å². The summed E-state index contributed by atoms with van der Waals surface area (Å²) in [7, 11) is -3.66. The number of nitrogens with zero attached hydrogens (tertiary/aromatic N) is 1. The number of sulfonamides is 1. The van der Waals surface area contributed by atoms with Crippen molar-refractivity contribution in [3.05, 3.63) is 53.6 Å². The largest absolute Gasteiger partial charge is 0.312 e. The Kier molecular flexibility index (Phi) is 4.81. The topological polar surface area (TPSA) is 66.5 Å². The molecule has 0 fully saturated rings. The number of fused-ring (bicyclic) bond motifs is 1. The minimum Gasteiger partial charge on any atom is -0.312 e. The molecule has 0 aliphatic carbocycles. The lowest BCUT2D eigenvalue weighted by Crippen LogP contribution is -2.33. The molecule has 0 aromatic heterocycles. The highest BCUT2D eigenvalue weighted by Gasteiger charge is 2.23. The minimum atomic E-state index is -3.66. The van der Waals surface area contributed by atoms with Crippen molar-refractivity contribution in [2.75, 3.05) is 16.2 Å². The van der Waals surface area contributed by atoms with Crippen LogP contribution in [0.15, 0.2) is 47.4 Å². The molecule has 25 heavy (non-hydrogen) atoms. The van der Waals surface area contributed by atoms with Gasteiger partial charge in [-0.3, -0.25) is 9.52 Å². The first-order valence-electron chi connectivity index (χ1n) is 8.43. The summed E-state index contributed by atoms with van der Waals surface area (Å²) >= 11 is 0. The summed E-state index contributed by atoms with van der Waals surface area (Å²) in [6.07, 6.45) is 2.45. The molecular weight excluding hydrogens is 336 g/mol. The number of carbonyl (C=O) groups is 1. The van der Waals surface area contributed by atoms with Crippen LogP contribution in [0, 0.1) is 0 Å². The van der Waals surface area contributed by atoms with Crippen LogP contribution in [0.2, 0.25) is 0 Å². The first-order valence-corrected chi connectivity index (χ1v) is 9.92. The van der Waals surface area contributed by atoms with Gasteiger partial charge in [-0.05, 0) is 60.7 Å². The van der Waals surface area contributed by atoms with Gasteiger partial charge in [0.25, 0.3) is 10.0 Å². The average molecular weight is 358 g/mol. The molecule has 3 rings (SSSR count). The maximum Gasteiger partial charge on any atom is 0.261 e. The molecule has 0 radical (unpaired) electrons. The van der Waals surface area contributed by atoms with E-state index in [0.717, 1.165) is 36.1 Å². The monoisotopic (exact) mass is 358 g/mol. The number of hydrogen-bond acceptors (Lipinski definition) is 3. The molecule has 0 saturated carbocycles. The maximum atomic E-state index is 12.7. The van der Waals surface area contributed by atoms with Crippen molar-refractivity contribution in [1.29, 1.82) is 0 Å². The normalized spacial score (nSPS) is 14.1. The summed E-state index contributed by atoms with van der Waals surface area (Å²) in [5.41, 5.74) is 3.34. The lowest BCUT2D eigenvalue weighted by molar-refractivity contribution is -0.116. The quantitative estimate of drug-likeness (QED) is 0.911. The average Bonchev–Trinajstić information content (AvgIpc) is 2.60. The van der Waals surface area contributed by atoms with Gasteiger partial charge in [-0.1, -0.05) is 19.1 Å². The van der Waals surface area contributed by atoms with E-state index in [1.165, 1.54) is 6.92 Å². The predicted molar refractivity (Wildman–Crippen MR) is 99.4 cm³/mol. The molecule has 6 heteroatoms. The van der Waals surface area contributed by atoms with E-state index in [9.17, 15) is 13.2 Å². The molecule has 0 atom stereocenters. The van der Waals surface area contributed by atoms with E-state index in [1.54, 1.807) is 29.2 Å². The molecule has 1 amide bonds. The number of aryl methyl sites for hydroxylation is 2. The fourth-order valence-corrected chi connectivity index (χ4v) is 4.24. The molecule has 1 N–H and O–H groups in total. The molecular formula is C19H22N2O3S. The van der Waals surface area contributed by atoms with E-state index in [2.05, 4.69) is 4.72 Å². The van der Waals surface area contributed by atoms with Crippen LogP contribution in [-0.4, -0.2) is 20.9 Å². The fraction of sp³-hybridized carbons (Fsp3) is 0.316. The highest BCUT2D eigenvalue weighted by atomic mass is 32.2. The van der Waals surface area contributed by atoms with Crippen LogP contribution >= 0.6 is 0 Å². The summed E-state index contributed by atoms with van der Waals surface area (Å²) in [5.74, 6) is -0.0222. The Labute approximate surface area is 148 Å². The van der Waals surface area contributed by atoms with Crippen molar-refractivity contribution in [3.8, 4) is 0 Å². The van der Waals surface area contributed by atoms with Crippen molar-refractivity contribution in [1.82, 2.24) is 0 Å². The van der Waals surface area contributed by atoms with Gasteiger partial charge in [0.15, 0.2) is 0 Å². The zero-order chi connectivity index (χ0) is 18.0. The summed E-state index contributed by atoms with van der Waals surface area (Å²) in [4.78, 5) is 13.7. The molecule has 0 unspecified atom stereocenters. The van der Waals surface area contributed by atoms with Crippen molar-refractivity contribution >= 4 is 27.3 Å². The lowest BCUT2D eigenvalue weighted by Gasteiger charge is -2.28. The molecule has 1 aliphatic heterocycles. The van der Waals surface area contributed by atoms with Gasteiger partial charge in [0.2, 0.25) is 5.91 Å². The van der Waals surface area contributed by atoms with Gasteiger partial charge in [0, 0.05) is 24.8 Å². The molecule has 0 spiro atoms.